The Balaban J connectivity index is 1.42. The predicted octanol–water partition coefficient (Wildman–Crippen LogP) is 4.65. The maximum Gasteiger partial charge on any atom is 0.266 e. The normalized spacial score (nSPS) is 18.3. The maximum absolute atomic E-state index is 13.5. The molecule has 0 bridgehead atoms. The molecule has 0 radical (unpaired) electrons. The minimum Gasteiger partial charge on any atom is -0.490 e. The average molecular weight is 422 g/mol. The van der Waals surface area contributed by atoms with E-state index in [1.54, 1.807) is 6.20 Å². The number of fused-ring (bicyclic) bond motifs is 1. The molecular weight excluding hydrogens is 398 g/mol. The quantitative estimate of drug-likeness (QED) is 0.616. The molecule has 4 heterocycles. The van der Waals surface area contributed by atoms with Crippen molar-refractivity contribution in [2.24, 2.45) is 0 Å². The molecule has 1 atom stereocenters. The van der Waals surface area contributed by atoms with E-state index in [9.17, 15) is 4.79 Å². The van der Waals surface area contributed by atoms with Gasteiger partial charge in [-0.1, -0.05) is 12.1 Å². The lowest BCUT2D eigenvalue weighted by atomic mass is 10.0. The molecule has 0 unspecified atom stereocenters. The second-order valence-electron chi connectivity index (χ2n) is 7.56. The lowest BCUT2D eigenvalue weighted by Gasteiger charge is -2.25. The highest BCUT2D eigenvalue weighted by atomic mass is 32.1. The lowest BCUT2D eigenvalue weighted by molar-refractivity contribution is 0.0739. The molecule has 1 amide bonds. The molecule has 1 fully saturated rings. The van der Waals surface area contributed by atoms with Crippen LogP contribution in [0.3, 0.4) is 0 Å². The number of aromatic nitrogens is 2. The topological polar surface area (TPSA) is 64.6 Å². The molecular formula is C23H23N3O3S. The number of carbonyl (C=O) groups excluding carboxylic acids is 1. The Morgan fingerprint density at radius 3 is 2.83 bits per heavy atom. The summed E-state index contributed by atoms with van der Waals surface area (Å²) < 4.78 is 11.6. The van der Waals surface area contributed by atoms with Crippen molar-refractivity contribution in [1.29, 1.82) is 0 Å². The van der Waals surface area contributed by atoms with Gasteiger partial charge in [-0.15, -0.1) is 11.3 Å². The first-order valence-electron chi connectivity index (χ1n) is 10.3. The first-order valence-corrected chi connectivity index (χ1v) is 11.1. The number of likely N-dealkylation sites (tertiary alicyclic amines) is 1. The highest BCUT2D eigenvalue weighted by molar-refractivity contribution is 7.17. The summed E-state index contributed by atoms with van der Waals surface area (Å²) in [6.07, 6.45) is 4.54. The monoisotopic (exact) mass is 421 g/mol. The zero-order chi connectivity index (χ0) is 20.5. The molecule has 3 aromatic rings. The van der Waals surface area contributed by atoms with Gasteiger partial charge in [0.2, 0.25) is 0 Å². The number of hydrogen-bond donors (Lipinski definition) is 0. The summed E-state index contributed by atoms with van der Waals surface area (Å²) in [5, 5.41) is 0.780. The maximum atomic E-state index is 13.5. The van der Waals surface area contributed by atoms with E-state index in [1.165, 1.54) is 11.3 Å². The highest BCUT2D eigenvalue weighted by Crippen LogP contribution is 2.39. The number of hydrogen-bond acceptors (Lipinski definition) is 6. The predicted molar refractivity (Wildman–Crippen MR) is 115 cm³/mol. The summed E-state index contributed by atoms with van der Waals surface area (Å²) in [6, 6.07) is 11.8. The van der Waals surface area contributed by atoms with Crippen molar-refractivity contribution in [2.45, 2.75) is 32.2 Å². The van der Waals surface area contributed by atoms with Gasteiger partial charge in [-0.25, -0.2) is 4.98 Å². The second kappa shape index (κ2) is 8.07. The van der Waals surface area contributed by atoms with E-state index in [0.717, 1.165) is 59.3 Å². The van der Waals surface area contributed by atoms with Crippen LogP contribution in [0.15, 0.2) is 42.6 Å². The highest BCUT2D eigenvalue weighted by Gasteiger charge is 2.33. The Bertz CT molecular complexity index is 1070. The van der Waals surface area contributed by atoms with Crippen molar-refractivity contribution >= 4 is 17.2 Å². The largest absolute Gasteiger partial charge is 0.490 e. The van der Waals surface area contributed by atoms with Crippen LogP contribution in [0, 0.1) is 6.92 Å². The van der Waals surface area contributed by atoms with Crippen LogP contribution in [0.5, 0.6) is 11.5 Å². The van der Waals surface area contributed by atoms with Gasteiger partial charge < -0.3 is 14.4 Å². The van der Waals surface area contributed by atoms with Crippen LogP contribution < -0.4 is 9.47 Å². The van der Waals surface area contributed by atoms with Gasteiger partial charge in [0.15, 0.2) is 11.5 Å². The number of rotatable bonds is 3. The van der Waals surface area contributed by atoms with Crippen molar-refractivity contribution in [3.05, 3.63) is 58.7 Å². The Morgan fingerprint density at radius 1 is 1.13 bits per heavy atom. The van der Waals surface area contributed by atoms with Crippen molar-refractivity contribution in [3.8, 4) is 22.2 Å². The molecule has 154 valence electrons. The van der Waals surface area contributed by atoms with E-state index in [0.29, 0.717) is 18.1 Å². The molecule has 7 heteroatoms. The van der Waals surface area contributed by atoms with Crippen LogP contribution in [-0.2, 0) is 0 Å². The number of pyridine rings is 1. The summed E-state index contributed by atoms with van der Waals surface area (Å²) in [4.78, 5) is 25.1. The van der Waals surface area contributed by atoms with Gasteiger partial charge in [-0.2, -0.15) is 0 Å². The van der Waals surface area contributed by atoms with Crippen molar-refractivity contribution in [3.63, 3.8) is 0 Å². The number of benzene rings is 1. The van der Waals surface area contributed by atoms with E-state index in [-0.39, 0.29) is 11.9 Å². The SMILES string of the molecule is Cc1nc(-c2ccccn2)sc1C(=O)N1CCC[C@@H]1c1ccc2c(c1)OCCCO2. The Kier molecular flexibility index (Phi) is 5.12. The Morgan fingerprint density at radius 2 is 2.00 bits per heavy atom. The van der Waals surface area contributed by atoms with Gasteiger partial charge in [0.1, 0.15) is 9.88 Å². The molecule has 0 aliphatic carbocycles. The van der Waals surface area contributed by atoms with Crippen molar-refractivity contribution in [2.75, 3.05) is 19.8 Å². The molecule has 5 rings (SSSR count). The summed E-state index contributed by atoms with van der Waals surface area (Å²) in [5.74, 6) is 1.60. The van der Waals surface area contributed by atoms with Crippen molar-refractivity contribution in [1.82, 2.24) is 14.9 Å². The number of nitrogens with zero attached hydrogens (tertiary/aromatic N) is 3. The van der Waals surface area contributed by atoms with Crippen LogP contribution in [0.2, 0.25) is 0 Å². The molecule has 0 N–H and O–H groups in total. The van der Waals surface area contributed by atoms with Crippen LogP contribution in [0.1, 0.15) is 46.2 Å². The molecule has 2 aliphatic heterocycles. The fourth-order valence-corrected chi connectivity index (χ4v) is 5.07. The number of ether oxygens (including phenoxy) is 2. The van der Waals surface area contributed by atoms with Crippen LogP contribution in [-0.4, -0.2) is 40.5 Å². The molecule has 6 nitrogen and oxygen atoms in total. The van der Waals surface area contributed by atoms with Gasteiger partial charge in [0, 0.05) is 19.2 Å². The van der Waals surface area contributed by atoms with Gasteiger partial charge in [0.05, 0.1) is 30.6 Å². The van der Waals surface area contributed by atoms with Crippen LogP contribution >= 0.6 is 11.3 Å². The van der Waals surface area contributed by atoms with Crippen LogP contribution in [0.4, 0.5) is 0 Å². The number of amides is 1. The summed E-state index contributed by atoms with van der Waals surface area (Å²) in [6.45, 7) is 3.97. The molecule has 0 saturated carbocycles. The van der Waals surface area contributed by atoms with Gasteiger partial charge in [-0.3, -0.25) is 9.78 Å². The molecule has 1 saturated heterocycles. The third-order valence-corrected chi connectivity index (χ3v) is 6.71. The van der Waals surface area contributed by atoms with E-state index >= 15 is 0 Å². The lowest BCUT2D eigenvalue weighted by Crippen LogP contribution is -2.30. The zero-order valence-electron chi connectivity index (χ0n) is 16.8. The molecule has 1 aromatic carbocycles. The van der Waals surface area contributed by atoms with Gasteiger partial charge in [-0.05, 0) is 49.6 Å². The smallest absolute Gasteiger partial charge is 0.266 e. The zero-order valence-corrected chi connectivity index (χ0v) is 17.7. The molecule has 2 aliphatic rings. The van der Waals surface area contributed by atoms with E-state index in [4.69, 9.17) is 9.47 Å². The summed E-state index contributed by atoms with van der Waals surface area (Å²) in [5.41, 5.74) is 2.65. The fraction of sp³-hybridized carbons (Fsp3) is 0.348. The summed E-state index contributed by atoms with van der Waals surface area (Å²) >= 11 is 1.42. The second-order valence-corrected chi connectivity index (χ2v) is 8.56. The third kappa shape index (κ3) is 3.54. The average Bonchev–Trinajstić information content (AvgIpc) is 3.34. The first kappa shape index (κ1) is 19.1. The van der Waals surface area contributed by atoms with E-state index < -0.39 is 0 Å². The molecule has 30 heavy (non-hydrogen) atoms. The number of carbonyl (C=O) groups is 1. The third-order valence-electron chi connectivity index (χ3n) is 5.54. The fourth-order valence-electron chi connectivity index (χ4n) is 4.07. The standard InChI is InChI=1S/C23H23N3O3S/c1-15-21(30-22(25-15)17-6-2-3-10-24-17)23(27)26-11-4-7-18(26)16-8-9-19-20(14-16)29-13-5-12-28-19/h2-3,6,8-10,14,18H,4-5,7,11-13H2,1H3/t18-/m1/s1. The summed E-state index contributed by atoms with van der Waals surface area (Å²) in [7, 11) is 0. The number of thiazole rings is 1. The van der Waals surface area contributed by atoms with E-state index in [2.05, 4.69) is 16.0 Å². The Hall–Kier alpha value is -2.93. The Labute approximate surface area is 179 Å². The van der Waals surface area contributed by atoms with Gasteiger partial charge in [0.25, 0.3) is 5.91 Å². The number of aryl methyl sites for hydroxylation is 1. The van der Waals surface area contributed by atoms with Gasteiger partial charge >= 0.3 is 0 Å². The van der Waals surface area contributed by atoms with Crippen molar-refractivity contribution < 1.29 is 14.3 Å². The molecule has 0 spiro atoms. The molecule has 2 aromatic heterocycles. The minimum absolute atomic E-state index is 0.0365. The van der Waals surface area contributed by atoms with Crippen LogP contribution in [0.25, 0.3) is 10.7 Å². The minimum atomic E-state index is 0.0365. The first-order chi connectivity index (χ1) is 14.7. The van der Waals surface area contributed by atoms with E-state index in [1.807, 2.05) is 42.2 Å².